The molecule has 0 bridgehead atoms. The van der Waals surface area contributed by atoms with Crippen LogP contribution in [0.5, 0.6) is 0 Å². The van der Waals surface area contributed by atoms with Crippen LogP contribution in [-0.4, -0.2) is 41.5 Å². The summed E-state index contributed by atoms with van der Waals surface area (Å²) < 4.78 is 0. The number of amides is 5. The summed E-state index contributed by atoms with van der Waals surface area (Å²) in [5.41, 5.74) is 2.25. The van der Waals surface area contributed by atoms with Gasteiger partial charge in [-0.25, -0.2) is 9.59 Å². The van der Waals surface area contributed by atoms with Crippen LogP contribution >= 0.6 is 0 Å². The number of carbonyl (C=O) groups excluding carboxylic acids is 3. The maximum Gasteiger partial charge on any atom is 0.319 e. The Bertz CT molecular complexity index is 932. The minimum atomic E-state index is -0.570. The zero-order valence-electron chi connectivity index (χ0n) is 18.6. The van der Waals surface area contributed by atoms with Gasteiger partial charge in [-0.1, -0.05) is 30.3 Å². The highest BCUT2D eigenvalue weighted by molar-refractivity contribution is 5.94. The predicted molar refractivity (Wildman–Crippen MR) is 125 cm³/mol. The normalized spacial score (nSPS) is 16.3. The van der Waals surface area contributed by atoms with Crippen molar-refractivity contribution >= 4 is 29.3 Å². The number of benzene rings is 2. The molecule has 8 nitrogen and oxygen atoms in total. The van der Waals surface area contributed by atoms with Gasteiger partial charge in [0.15, 0.2) is 0 Å². The number of hydrogen-bond donors (Lipinski definition) is 4. The standard InChI is InChI=1S/C24H31N5O3/c1-17(2)25-23(31)27-20-12-8-9-18(15-20)16-29-14-7-6-13-21(22(29)30)28-24(32)26-19-10-4-3-5-11-19/h3-5,8-12,15,17,21H,6-7,13-14,16H2,1-2H3,(H2,25,27,31)(H2,26,28,32). The summed E-state index contributed by atoms with van der Waals surface area (Å²) in [6, 6.07) is 15.4. The highest BCUT2D eigenvalue weighted by atomic mass is 16.2. The average molecular weight is 438 g/mol. The van der Waals surface area contributed by atoms with Crippen molar-refractivity contribution in [2.45, 2.75) is 51.7 Å². The Labute approximate surface area is 188 Å². The molecule has 1 aliphatic rings. The van der Waals surface area contributed by atoms with Crippen molar-refractivity contribution < 1.29 is 14.4 Å². The van der Waals surface area contributed by atoms with Crippen molar-refractivity contribution in [1.29, 1.82) is 0 Å². The molecule has 1 fully saturated rings. The van der Waals surface area contributed by atoms with Crippen molar-refractivity contribution in [3.05, 3.63) is 60.2 Å². The van der Waals surface area contributed by atoms with Gasteiger partial charge in [-0.2, -0.15) is 0 Å². The van der Waals surface area contributed by atoms with Gasteiger partial charge in [0.1, 0.15) is 6.04 Å². The lowest BCUT2D eigenvalue weighted by molar-refractivity contribution is -0.133. The quantitative estimate of drug-likeness (QED) is 0.551. The van der Waals surface area contributed by atoms with Crippen molar-refractivity contribution in [2.24, 2.45) is 0 Å². The molecule has 0 aliphatic carbocycles. The maximum atomic E-state index is 13.1. The zero-order valence-corrected chi connectivity index (χ0v) is 18.6. The van der Waals surface area contributed by atoms with E-state index in [0.717, 1.165) is 18.4 Å². The summed E-state index contributed by atoms with van der Waals surface area (Å²) in [4.78, 5) is 39.3. The van der Waals surface area contributed by atoms with Crippen molar-refractivity contribution in [2.75, 3.05) is 17.2 Å². The second-order valence-electron chi connectivity index (χ2n) is 8.23. The number of anilines is 2. The topological polar surface area (TPSA) is 103 Å². The Balaban J connectivity index is 1.61. The van der Waals surface area contributed by atoms with Gasteiger partial charge in [0.05, 0.1) is 0 Å². The van der Waals surface area contributed by atoms with E-state index in [0.29, 0.717) is 30.9 Å². The summed E-state index contributed by atoms with van der Waals surface area (Å²) in [7, 11) is 0. The largest absolute Gasteiger partial charge is 0.337 e. The Kier molecular flexibility index (Phi) is 8.08. The molecule has 0 saturated carbocycles. The Morgan fingerprint density at radius 3 is 2.44 bits per heavy atom. The van der Waals surface area contributed by atoms with Gasteiger partial charge in [0.2, 0.25) is 5.91 Å². The smallest absolute Gasteiger partial charge is 0.319 e. The lowest BCUT2D eigenvalue weighted by Crippen LogP contribution is -2.48. The number of hydrogen-bond acceptors (Lipinski definition) is 3. The fraction of sp³-hybridized carbons (Fsp3) is 0.375. The van der Waals surface area contributed by atoms with Gasteiger partial charge in [-0.05, 0) is 62.9 Å². The second-order valence-corrected chi connectivity index (χ2v) is 8.23. The molecule has 1 aliphatic heterocycles. The number of rotatable bonds is 6. The van der Waals surface area contributed by atoms with Gasteiger partial charge in [0.25, 0.3) is 0 Å². The van der Waals surface area contributed by atoms with Crippen LogP contribution in [0.3, 0.4) is 0 Å². The summed E-state index contributed by atoms with van der Waals surface area (Å²) in [5, 5.41) is 11.2. The molecular formula is C24H31N5O3. The van der Waals surface area contributed by atoms with Crippen LogP contribution in [0.1, 0.15) is 38.7 Å². The Morgan fingerprint density at radius 2 is 1.69 bits per heavy atom. The molecule has 5 amide bonds. The summed E-state index contributed by atoms with van der Waals surface area (Å²) in [6.07, 6.45) is 2.34. The minimum Gasteiger partial charge on any atom is -0.337 e. The van der Waals surface area contributed by atoms with Crippen molar-refractivity contribution in [3.8, 4) is 0 Å². The first-order valence-corrected chi connectivity index (χ1v) is 11.0. The summed E-state index contributed by atoms with van der Waals surface area (Å²) >= 11 is 0. The van der Waals surface area contributed by atoms with Crippen LogP contribution < -0.4 is 21.3 Å². The lowest BCUT2D eigenvalue weighted by Gasteiger charge is -2.25. The van der Waals surface area contributed by atoms with Crippen LogP contribution in [0.2, 0.25) is 0 Å². The van der Waals surface area contributed by atoms with Gasteiger partial charge < -0.3 is 26.2 Å². The summed E-state index contributed by atoms with van der Waals surface area (Å²) in [5.74, 6) is -0.0957. The Morgan fingerprint density at radius 1 is 0.969 bits per heavy atom. The Hall–Kier alpha value is -3.55. The van der Waals surface area contributed by atoms with E-state index in [2.05, 4.69) is 21.3 Å². The van der Waals surface area contributed by atoms with E-state index in [-0.39, 0.29) is 18.0 Å². The van der Waals surface area contributed by atoms with Gasteiger partial charge in [-0.3, -0.25) is 4.79 Å². The van der Waals surface area contributed by atoms with Gasteiger partial charge in [-0.15, -0.1) is 0 Å². The van der Waals surface area contributed by atoms with E-state index in [1.807, 2.05) is 56.3 Å². The zero-order chi connectivity index (χ0) is 22.9. The van der Waals surface area contributed by atoms with E-state index >= 15 is 0 Å². The van der Waals surface area contributed by atoms with E-state index < -0.39 is 12.1 Å². The number of carbonyl (C=O) groups is 3. The van der Waals surface area contributed by atoms with Crippen LogP contribution in [-0.2, 0) is 11.3 Å². The van der Waals surface area contributed by atoms with Crippen LogP contribution in [0.25, 0.3) is 0 Å². The first-order chi connectivity index (χ1) is 15.4. The molecule has 1 unspecified atom stereocenters. The van der Waals surface area contributed by atoms with Crippen LogP contribution in [0.15, 0.2) is 54.6 Å². The molecule has 0 spiro atoms. The molecule has 170 valence electrons. The van der Waals surface area contributed by atoms with Gasteiger partial charge >= 0.3 is 12.1 Å². The third kappa shape index (κ3) is 7.01. The molecule has 2 aromatic rings. The fourth-order valence-corrected chi connectivity index (χ4v) is 3.64. The van der Waals surface area contributed by atoms with Crippen molar-refractivity contribution in [3.63, 3.8) is 0 Å². The SMILES string of the molecule is CC(C)NC(=O)Nc1cccc(CN2CCCCC(NC(=O)Nc3ccccc3)C2=O)c1. The first-order valence-electron chi connectivity index (χ1n) is 11.0. The predicted octanol–water partition coefficient (Wildman–Crippen LogP) is 3.92. The van der Waals surface area contributed by atoms with E-state index in [9.17, 15) is 14.4 Å². The first kappa shape index (κ1) is 23.1. The molecule has 32 heavy (non-hydrogen) atoms. The molecule has 1 heterocycles. The monoisotopic (exact) mass is 437 g/mol. The van der Waals surface area contributed by atoms with Crippen molar-refractivity contribution in [1.82, 2.24) is 15.5 Å². The highest BCUT2D eigenvalue weighted by Gasteiger charge is 2.28. The lowest BCUT2D eigenvalue weighted by atomic mass is 10.1. The molecule has 4 N–H and O–H groups in total. The molecular weight excluding hydrogens is 406 g/mol. The van der Waals surface area contributed by atoms with Crippen LogP contribution in [0, 0.1) is 0 Å². The third-order valence-electron chi connectivity index (χ3n) is 5.10. The number of urea groups is 2. The number of nitrogens with one attached hydrogen (secondary N) is 4. The number of nitrogens with zero attached hydrogens (tertiary/aromatic N) is 1. The number of para-hydroxylation sites is 1. The minimum absolute atomic E-state index is 0.0384. The molecule has 0 radical (unpaired) electrons. The third-order valence-corrected chi connectivity index (χ3v) is 5.10. The van der Waals surface area contributed by atoms with Crippen LogP contribution in [0.4, 0.5) is 21.0 Å². The molecule has 1 saturated heterocycles. The fourth-order valence-electron chi connectivity index (χ4n) is 3.64. The average Bonchev–Trinajstić information content (AvgIpc) is 2.90. The van der Waals surface area contributed by atoms with Gasteiger partial charge in [0, 0.05) is 30.5 Å². The van der Waals surface area contributed by atoms with E-state index in [4.69, 9.17) is 0 Å². The molecule has 1 atom stereocenters. The second kappa shape index (κ2) is 11.2. The maximum absolute atomic E-state index is 13.1. The highest BCUT2D eigenvalue weighted by Crippen LogP contribution is 2.18. The molecule has 0 aromatic heterocycles. The summed E-state index contributed by atoms with van der Waals surface area (Å²) in [6.45, 7) is 4.83. The number of likely N-dealkylation sites (tertiary alicyclic amines) is 1. The van der Waals surface area contributed by atoms with E-state index in [1.54, 1.807) is 17.0 Å². The van der Waals surface area contributed by atoms with E-state index in [1.165, 1.54) is 0 Å². The molecule has 2 aromatic carbocycles. The molecule has 3 rings (SSSR count). The molecule has 8 heteroatoms.